The third kappa shape index (κ3) is 3.54. The van der Waals surface area contributed by atoms with Crippen LogP contribution in [0.15, 0.2) is 41.8 Å². The van der Waals surface area contributed by atoms with Crippen LogP contribution in [0.25, 0.3) is 10.2 Å². The van der Waals surface area contributed by atoms with Crippen molar-refractivity contribution in [1.82, 2.24) is 15.5 Å². The predicted molar refractivity (Wildman–Crippen MR) is 109 cm³/mol. The number of nitrogens with zero attached hydrogens (tertiary/aromatic N) is 1. The third-order valence-corrected chi connectivity index (χ3v) is 6.36. The molecule has 0 aliphatic rings. The number of H-pyrrole nitrogens is 1. The molecule has 3 aromatic heterocycles. The summed E-state index contributed by atoms with van der Waals surface area (Å²) >= 11 is 2.61. The highest BCUT2D eigenvalue weighted by Gasteiger charge is 2.21. The fourth-order valence-corrected chi connectivity index (χ4v) is 4.46. The first-order chi connectivity index (χ1) is 13.5. The van der Waals surface area contributed by atoms with E-state index in [0.29, 0.717) is 26.8 Å². The van der Waals surface area contributed by atoms with Gasteiger partial charge in [0.15, 0.2) is 5.82 Å². The van der Waals surface area contributed by atoms with E-state index in [1.807, 2.05) is 12.3 Å². The average molecular weight is 414 g/mol. The number of fused-ring (bicyclic) bond motifs is 1. The zero-order valence-electron chi connectivity index (χ0n) is 14.7. The van der Waals surface area contributed by atoms with E-state index in [9.17, 15) is 14.0 Å². The number of hydrogen-bond acceptors (Lipinski definition) is 5. The average Bonchev–Trinajstić information content (AvgIpc) is 3.41. The first kappa shape index (κ1) is 18.3. The molecule has 1 aromatic carbocycles. The monoisotopic (exact) mass is 414 g/mol. The topological polar surface area (TPSA) is 86.9 Å². The van der Waals surface area contributed by atoms with Crippen molar-refractivity contribution in [3.63, 3.8) is 0 Å². The van der Waals surface area contributed by atoms with Gasteiger partial charge in [0, 0.05) is 6.54 Å². The zero-order chi connectivity index (χ0) is 19.7. The van der Waals surface area contributed by atoms with Crippen molar-refractivity contribution in [1.29, 1.82) is 0 Å². The molecule has 3 heterocycles. The fraction of sp³-hybridized carbons (Fsp3) is 0.105. The number of carbonyl (C=O) groups excluding carboxylic acids is 2. The Bertz CT molecular complexity index is 1150. The van der Waals surface area contributed by atoms with Gasteiger partial charge in [0.05, 0.1) is 20.0 Å². The fourth-order valence-electron chi connectivity index (χ4n) is 2.72. The van der Waals surface area contributed by atoms with Crippen molar-refractivity contribution < 1.29 is 14.0 Å². The van der Waals surface area contributed by atoms with Crippen molar-refractivity contribution in [2.45, 2.75) is 13.5 Å². The minimum absolute atomic E-state index is 0.230. The van der Waals surface area contributed by atoms with Gasteiger partial charge in [0.2, 0.25) is 0 Å². The second kappa shape index (κ2) is 7.53. The molecule has 0 aliphatic carbocycles. The molecule has 4 aromatic rings. The number of thiophene rings is 2. The van der Waals surface area contributed by atoms with Crippen LogP contribution in [-0.2, 0) is 6.54 Å². The SMILES string of the molecule is Cc1c(C(=O)NCc2ccc(F)cc2)sc2c(NC(=O)c3cccs3)n[nH]c12. The molecule has 0 aliphatic heterocycles. The Labute approximate surface area is 167 Å². The number of hydrogen-bond donors (Lipinski definition) is 3. The van der Waals surface area contributed by atoms with E-state index >= 15 is 0 Å². The first-order valence-electron chi connectivity index (χ1n) is 8.38. The Morgan fingerprint density at radius 3 is 2.68 bits per heavy atom. The number of anilines is 1. The van der Waals surface area contributed by atoms with Crippen LogP contribution in [-0.4, -0.2) is 22.0 Å². The van der Waals surface area contributed by atoms with E-state index in [4.69, 9.17) is 0 Å². The van der Waals surface area contributed by atoms with Gasteiger partial charge in [-0.1, -0.05) is 18.2 Å². The van der Waals surface area contributed by atoms with Crippen LogP contribution in [0.2, 0.25) is 0 Å². The van der Waals surface area contributed by atoms with Crippen molar-refractivity contribution in [3.8, 4) is 0 Å². The van der Waals surface area contributed by atoms with Gasteiger partial charge in [-0.05, 0) is 41.6 Å². The van der Waals surface area contributed by atoms with E-state index < -0.39 is 0 Å². The lowest BCUT2D eigenvalue weighted by Crippen LogP contribution is -2.22. The molecule has 28 heavy (non-hydrogen) atoms. The Hall–Kier alpha value is -3.04. The molecule has 6 nitrogen and oxygen atoms in total. The van der Waals surface area contributed by atoms with E-state index in [1.165, 1.54) is 34.8 Å². The highest BCUT2D eigenvalue weighted by molar-refractivity contribution is 7.21. The lowest BCUT2D eigenvalue weighted by atomic mass is 10.2. The van der Waals surface area contributed by atoms with E-state index in [2.05, 4.69) is 20.8 Å². The summed E-state index contributed by atoms with van der Waals surface area (Å²) in [6, 6.07) is 9.51. The number of amides is 2. The molecule has 0 fully saturated rings. The van der Waals surface area contributed by atoms with Gasteiger partial charge in [-0.2, -0.15) is 5.10 Å². The predicted octanol–water partition coefficient (Wildman–Crippen LogP) is 4.32. The number of halogens is 1. The molecular weight excluding hydrogens is 399 g/mol. The van der Waals surface area contributed by atoms with E-state index in [1.54, 1.807) is 24.3 Å². The highest BCUT2D eigenvalue weighted by atomic mass is 32.1. The summed E-state index contributed by atoms with van der Waals surface area (Å²) in [5, 5.41) is 14.5. The van der Waals surface area contributed by atoms with Gasteiger partial charge < -0.3 is 10.6 Å². The highest BCUT2D eigenvalue weighted by Crippen LogP contribution is 2.34. The van der Waals surface area contributed by atoms with Gasteiger partial charge in [-0.15, -0.1) is 22.7 Å². The van der Waals surface area contributed by atoms with E-state index in [0.717, 1.165) is 16.6 Å². The molecule has 142 valence electrons. The summed E-state index contributed by atoms with van der Waals surface area (Å²) in [6.45, 7) is 2.12. The minimum atomic E-state index is -0.317. The quantitative estimate of drug-likeness (QED) is 0.455. The van der Waals surface area contributed by atoms with Crippen molar-refractivity contribution in [3.05, 3.63) is 68.5 Å². The molecule has 3 N–H and O–H groups in total. The first-order valence-corrected chi connectivity index (χ1v) is 10.1. The van der Waals surface area contributed by atoms with Crippen molar-refractivity contribution in [2.75, 3.05) is 5.32 Å². The van der Waals surface area contributed by atoms with Crippen molar-refractivity contribution in [2.24, 2.45) is 0 Å². The lowest BCUT2D eigenvalue weighted by molar-refractivity contribution is 0.0953. The van der Waals surface area contributed by atoms with Gasteiger partial charge in [-0.3, -0.25) is 14.7 Å². The number of rotatable bonds is 5. The number of aromatic amines is 1. The lowest BCUT2D eigenvalue weighted by Gasteiger charge is -2.05. The summed E-state index contributed by atoms with van der Waals surface area (Å²) in [4.78, 5) is 26.0. The third-order valence-electron chi connectivity index (χ3n) is 4.19. The maximum atomic E-state index is 13.0. The molecular formula is C19H15FN4O2S2. The number of aromatic nitrogens is 2. The molecule has 0 radical (unpaired) electrons. The minimum Gasteiger partial charge on any atom is -0.347 e. The summed E-state index contributed by atoms with van der Waals surface area (Å²) in [5.41, 5.74) is 2.29. The van der Waals surface area contributed by atoms with Gasteiger partial charge in [-0.25, -0.2) is 4.39 Å². The maximum absolute atomic E-state index is 13.0. The molecule has 0 unspecified atom stereocenters. The molecule has 4 rings (SSSR count). The van der Waals surface area contributed by atoms with Gasteiger partial charge in [0.25, 0.3) is 11.8 Å². The Balaban J connectivity index is 1.52. The standard InChI is InChI=1S/C19H15FN4O2S2/c1-10-14-16(17(24-23-14)22-18(25)13-3-2-8-27-13)28-15(10)19(26)21-9-11-4-6-12(20)7-5-11/h2-8H,9H2,1H3,(H,21,26)(H2,22,23,24,25). The second-order valence-corrected chi connectivity index (χ2v) is 8.04. The summed E-state index contributed by atoms with van der Waals surface area (Å²) in [6.07, 6.45) is 0. The van der Waals surface area contributed by atoms with Crippen LogP contribution in [0.3, 0.4) is 0 Å². The number of nitrogens with one attached hydrogen (secondary N) is 3. The maximum Gasteiger partial charge on any atom is 0.266 e. The van der Waals surface area contributed by atoms with Crippen LogP contribution >= 0.6 is 22.7 Å². The number of carbonyl (C=O) groups is 2. The number of aryl methyl sites for hydroxylation is 1. The van der Waals surface area contributed by atoms with Gasteiger partial charge in [0.1, 0.15) is 5.82 Å². The smallest absolute Gasteiger partial charge is 0.266 e. The molecule has 9 heteroatoms. The van der Waals surface area contributed by atoms with Crippen LogP contribution in [0, 0.1) is 12.7 Å². The molecule has 0 saturated heterocycles. The normalized spacial score (nSPS) is 10.9. The Kier molecular flexibility index (Phi) is 4.93. The van der Waals surface area contributed by atoms with E-state index in [-0.39, 0.29) is 17.6 Å². The zero-order valence-corrected chi connectivity index (χ0v) is 16.3. The van der Waals surface area contributed by atoms with Gasteiger partial charge >= 0.3 is 0 Å². The Morgan fingerprint density at radius 1 is 1.18 bits per heavy atom. The second-order valence-electron chi connectivity index (χ2n) is 6.07. The van der Waals surface area contributed by atoms with Crippen molar-refractivity contribution >= 4 is 50.5 Å². The molecule has 0 spiro atoms. The largest absolute Gasteiger partial charge is 0.347 e. The van der Waals surface area contributed by atoms with Crippen LogP contribution in [0.4, 0.5) is 10.2 Å². The summed E-state index contributed by atoms with van der Waals surface area (Å²) in [5.74, 6) is -0.383. The van der Waals surface area contributed by atoms with Crippen LogP contribution < -0.4 is 10.6 Å². The van der Waals surface area contributed by atoms with Crippen LogP contribution in [0.5, 0.6) is 0 Å². The van der Waals surface area contributed by atoms with Crippen LogP contribution in [0.1, 0.15) is 30.5 Å². The summed E-state index contributed by atoms with van der Waals surface area (Å²) < 4.78 is 13.7. The Morgan fingerprint density at radius 2 is 1.96 bits per heavy atom. The molecule has 0 saturated carbocycles. The molecule has 0 bridgehead atoms. The molecule has 2 amide bonds. The number of benzene rings is 1. The summed E-state index contributed by atoms with van der Waals surface area (Å²) in [7, 11) is 0. The molecule has 0 atom stereocenters.